The van der Waals surface area contributed by atoms with Crippen LogP contribution in [0.15, 0.2) is 23.0 Å². The predicted molar refractivity (Wildman–Crippen MR) is 51.5 cm³/mol. The van der Waals surface area contributed by atoms with E-state index >= 15 is 0 Å². The predicted octanol–water partition coefficient (Wildman–Crippen LogP) is 0.814. The molecule has 1 aromatic carbocycles. The van der Waals surface area contributed by atoms with Gasteiger partial charge < -0.3 is 5.73 Å². The van der Waals surface area contributed by atoms with Gasteiger partial charge in [0, 0.05) is 0 Å². The lowest BCUT2D eigenvalue weighted by Gasteiger charge is -1.98. The van der Waals surface area contributed by atoms with Crippen LogP contribution in [0.3, 0.4) is 0 Å². The van der Waals surface area contributed by atoms with Gasteiger partial charge in [-0.1, -0.05) is 11.6 Å². The number of fused-ring (bicyclic) bond motifs is 1. The number of aromatic nitrogens is 2. The van der Waals surface area contributed by atoms with Crippen molar-refractivity contribution in [2.45, 2.75) is 6.92 Å². The van der Waals surface area contributed by atoms with E-state index in [9.17, 15) is 4.79 Å². The summed E-state index contributed by atoms with van der Waals surface area (Å²) in [6.45, 7) is 1.93. The molecule has 2 rings (SSSR count). The molecule has 0 aliphatic heterocycles. The molecular formula is C9H9N3O. The maximum atomic E-state index is 11.4. The summed E-state index contributed by atoms with van der Waals surface area (Å²) in [6, 6.07) is 5.48. The van der Waals surface area contributed by atoms with E-state index in [-0.39, 0.29) is 11.5 Å². The van der Waals surface area contributed by atoms with Crippen molar-refractivity contribution in [3.63, 3.8) is 0 Å². The standard InChI is InChI=1S/C9H9N3O/c1-5-2-3-7-6(4-5)8(13)12-9(10)11-7/h2-4H,1H3,(H3,10,11,12,13). The van der Waals surface area contributed by atoms with E-state index in [4.69, 9.17) is 5.73 Å². The van der Waals surface area contributed by atoms with Crippen LogP contribution in [-0.2, 0) is 0 Å². The molecular weight excluding hydrogens is 166 g/mol. The molecule has 13 heavy (non-hydrogen) atoms. The van der Waals surface area contributed by atoms with Crippen molar-refractivity contribution in [1.82, 2.24) is 9.97 Å². The number of aryl methyl sites for hydroxylation is 1. The Labute approximate surface area is 74.4 Å². The topological polar surface area (TPSA) is 71.8 Å². The molecule has 0 aliphatic carbocycles. The molecule has 1 aromatic heterocycles. The molecule has 0 saturated carbocycles. The Kier molecular flexibility index (Phi) is 1.55. The van der Waals surface area contributed by atoms with Gasteiger partial charge in [-0.05, 0) is 19.1 Å². The van der Waals surface area contributed by atoms with Gasteiger partial charge in [0.15, 0.2) is 0 Å². The summed E-state index contributed by atoms with van der Waals surface area (Å²) >= 11 is 0. The number of nitrogens with two attached hydrogens (primary N) is 1. The second-order valence-corrected chi connectivity index (χ2v) is 2.97. The summed E-state index contributed by atoms with van der Waals surface area (Å²) in [6.07, 6.45) is 0. The third kappa shape index (κ3) is 1.26. The fourth-order valence-corrected chi connectivity index (χ4v) is 1.27. The lowest BCUT2D eigenvalue weighted by molar-refractivity contribution is 1.19. The van der Waals surface area contributed by atoms with Crippen LogP contribution in [0, 0.1) is 6.92 Å². The van der Waals surface area contributed by atoms with Crippen molar-refractivity contribution >= 4 is 16.9 Å². The minimum Gasteiger partial charge on any atom is -0.369 e. The fraction of sp³-hybridized carbons (Fsp3) is 0.111. The number of anilines is 1. The van der Waals surface area contributed by atoms with Crippen LogP contribution in [0.5, 0.6) is 0 Å². The van der Waals surface area contributed by atoms with Gasteiger partial charge in [-0.2, -0.15) is 0 Å². The third-order valence-electron chi connectivity index (χ3n) is 1.88. The zero-order valence-corrected chi connectivity index (χ0v) is 7.16. The molecule has 0 spiro atoms. The van der Waals surface area contributed by atoms with E-state index < -0.39 is 0 Å². The number of nitrogens with zero attached hydrogens (tertiary/aromatic N) is 1. The van der Waals surface area contributed by atoms with Crippen LogP contribution in [0.2, 0.25) is 0 Å². The number of rotatable bonds is 0. The molecule has 66 valence electrons. The van der Waals surface area contributed by atoms with Crippen molar-refractivity contribution in [2.75, 3.05) is 5.73 Å². The molecule has 4 heteroatoms. The zero-order chi connectivity index (χ0) is 9.42. The molecule has 0 fully saturated rings. The molecule has 0 saturated heterocycles. The zero-order valence-electron chi connectivity index (χ0n) is 7.16. The van der Waals surface area contributed by atoms with E-state index in [1.165, 1.54) is 0 Å². The van der Waals surface area contributed by atoms with Crippen molar-refractivity contribution in [2.24, 2.45) is 0 Å². The number of H-pyrrole nitrogens is 1. The van der Waals surface area contributed by atoms with Gasteiger partial charge in [0.2, 0.25) is 5.95 Å². The molecule has 2 aromatic rings. The van der Waals surface area contributed by atoms with E-state index in [1.54, 1.807) is 12.1 Å². The van der Waals surface area contributed by atoms with Gasteiger partial charge in [-0.3, -0.25) is 9.78 Å². The van der Waals surface area contributed by atoms with Crippen LogP contribution in [0.25, 0.3) is 10.9 Å². The molecule has 0 radical (unpaired) electrons. The van der Waals surface area contributed by atoms with Gasteiger partial charge in [0.05, 0.1) is 10.9 Å². The first-order valence-electron chi connectivity index (χ1n) is 3.93. The largest absolute Gasteiger partial charge is 0.369 e. The highest BCUT2D eigenvalue weighted by atomic mass is 16.1. The first-order valence-corrected chi connectivity index (χ1v) is 3.93. The van der Waals surface area contributed by atoms with Gasteiger partial charge in [0.25, 0.3) is 5.56 Å². The second kappa shape index (κ2) is 2.58. The average molecular weight is 175 g/mol. The minimum absolute atomic E-state index is 0.154. The van der Waals surface area contributed by atoms with Gasteiger partial charge >= 0.3 is 0 Å². The normalized spacial score (nSPS) is 10.5. The van der Waals surface area contributed by atoms with Crippen molar-refractivity contribution in [3.8, 4) is 0 Å². The summed E-state index contributed by atoms with van der Waals surface area (Å²) < 4.78 is 0. The van der Waals surface area contributed by atoms with Crippen molar-refractivity contribution in [1.29, 1.82) is 0 Å². The van der Waals surface area contributed by atoms with Crippen LogP contribution in [0.4, 0.5) is 5.95 Å². The molecule has 0 atom stereocenters. The lowest BCUT2D eigenvalue weighted by Crippen LogP contribution is -2.11. The summed E-state index contributed by atoms with van der Waals surface area (Å²) in [5.74, 6) is 0.154. The Bertz CT molecular complexity index is 516. The Morgan fingerprint density at radius 1 is 1.46 bits per heavy atom. The van der Waals surface area contributed by atoms with Gasteiger partial charge in [0.1, 0.15) is 0 Å². The molecule has 1 heterocycles. The van der Waals surface area contributed by atoms with E-state index in [0.717, 1.165) is 5.56 Å². The molecule has 0 aliphatic rings. The molecule has 0 unspecified atom stereocenters. The smallest absolute Gasteiger partial charge is 0.260 e. The van der Waals surface area contributed by atoms with Crippen LogP contribution in [0.1, 0.15) is 5.56 Å². The van der Waals surface area contributed by atoms with Crippen LogP contribution in [-0.4, -0.2) is 9.97 Å². The van der Waals surface area contributed by atoms with Crippen LogP contribution < -0.4 is 11.3 Å². The number of benzene rings is 1. The summed E-state index contributed by atoms with van der Waals surface area (Å²) in [5, 5.41) is 0.578. The first-order chi connectivity index (χ1) is 6.16. The Balaban J connectivity index is 2.95. The van der Waals surface area contributed by atoms with E-state index in [2.05, 4.69) is 9.97 Å². The Morgan fingerprint density at radius 2 is 2.23 bits per heavy atom. The second-order valence-electron chi connectivity index (χ2n) is 2.97. The molecule has 3 N–H and O–H groups in total. The van der Waals surface area contributed by atoms with E-state index in [1.807, 2.05) is 13.0 Å². The molecule has 0 bridgehead atoms. The molecule has 4 nitrogen and oxygen atoms in total. The highest BCUT2D eigenvalue weighted by Crippen LogP contribution is 2.09. The van der Waals surface area contributed by atoms with E-state index in [0.29, 0.717) is 10.9 Å². The SMILES string of the molecule is Cc1ccc2nc(N)[nH]c(=O)c2c1. The summed E-state index contributed by atoms with van der Waals surface area (Å²) in [4.78, 5) is 17.8. The number of nitrogens with one attached hydrogen (secondary N) is 1. The highest BCUT2D eigenvalue weighted by molar-refractivity contribution is 5.78. The summed E-state index contributed by atoms with van der Waals surface area (Å²) in [5.41, 5.74) is 6.87. The van der Waals surface area contributed by atoms with Crippen LogP contribution >= 0.6 is 0 Å². The fourth-order valence-electron chi connectivity index (χ4n) is 1.27. The monoisotopic (exact) mass is 175 g/mol. The van der Waals surface area contributed by atoms with Gasteiger partial charge in [-0.25, -0.2) is 4.98 Å². The van der Waals surface area contributed by atoms with Crippen molar-refractivity contribution in [3.05, 3.63) is 34.1 Å². The summed E-state index contributed by atoms with van der Waals surface area (Å²) in [7, 11) is 0. The number of nitrogen functional groups attached to an aromatic ring is 1. The van der Waals surface area contributed by atoms with Crippen molar-refractivity contribution < 1.29 is 0 Å². The maximum Gasteiger partial charge on any atom is 0.260 e. The van der Waals surface area contributed by atoms with Gasteiger partial charge in [-0.15, -0.1) is 0 Å². The third-order valence-corrected chi connectivity index (χ3v) is 1.88. The minimum atomic E-state index is -0.189. The Hall–Kier alpha value is -1.84. The number of hydrogen-bond donors (Lipinski definition) is 2. The molecule has 0 amide bonds. The maximum absolute atomic E-state index is 11.4. The number of aromatic amines is 1. The number of hydrogen-bond acceptors (Lipinski definition) is 3. The Morgan fingerprint density at radius 3 is 3.00 bits per heavy atom. The quantitative estimate of drug-likeness (QED) is 0.622. The first kappa shape index (κ1) is 7.79. The average Bonchev–Trinajstić information content (AvgIpc) is 2.06. The lowest BCUT2D eigenvalue weighted by atomic mass is 10.2. The highest BCUT2D eigenvalue weighted by Gasteiger charge is 2.00.